The van der Waals surface area contributed by atoms with E-state index in [9.17, 15) is 27.6 Å². The lowest BCUT2D eigenvalue weighted by molar-refractivity contribution is -0.157. The summed E-state index contributed by atoms with van der Waals surface area (Å²) < 4.78 is 43.8. The monoisotopic (exact) mass is 1310 g/mol. The van der Waals surface area contributed by atoms with Crippen LogP contribution in [0.5, 0.6) is 5.75 Å². The highest BCUT2D eigenvalue weighted by Crippen LogP contribution is 2.35. The van der Waals surface area contributed by atoms with Crippen LogP contribution in [0.1, 0.15) is 243 Å². The predicted molar refractivity (Wildman–Crippen MR) is 380 cm³/mol. The molecule has 534 valence electrons. The van der Waals surface area contributed by atoms with Crippen LogP contribution in [0.15, 0.2) is 17.0 Å². The Labute approximate surface area is 563 Å². The molecule has 0 unspecified atom stereocenters. The smallest absolute Gasteiger partial charge is 0.306 e. The number of hydrogen-bond acceptors (Lipinski definition) is 15. The number of esters is 2. The average molecular weight is 1320 g/mol. The van der Waals surface area contributed by atoms with Gasteiger partial charge in [-0.1, -0.05) is 49.0 Å². The lowest BCUT2D eigenvalue weighted by Crippen LogP contribution is -2.45. The Morgan fingerprint density at radius 3 is 1.23 bits per heavy atom. The van der Waals surface area contributed by atoms with Gasteiger partial charge in [0.1, 0.15) is 28.5 Å². The zero-order valence-electron chi connectivity index (χ0n) is 60.9. The highest BCUT2D eigenvalue weighted by molar-refractivity contribution is 7.89. The molecule has 92 heavy (non-hydrogen) atoms. The molecule has 6 fully saturated rings. The van der Waals surface area contributed by atoms with Crippen LogP contribution in [-0.4, -0.2) is 203 Å². The Hall–Kier alpha value is -3.03. The van der Waals surface area contributed by atoms with E-state index in [0.717, 1.165) is 62.6 Å². The number of ether oxygens (including phenoxy) is 3. The van der Waals surface area contributed by atoms with Gasteiger partial charge in [-0.3, -0.25) is 19.2 Å². The minimum atomic E-state index is -3.67. The van der Waals surface area contributed by atoms with Gasteiger partial charge in [-0.25, -0.2) is 12.7 Å². The first-order valence-corrected chi connectivity index (χ1v) is 38.0. The van der Waals surface area contributed by atoms with Gasteiger partial charge in [0.05, 0.1) is 12.0 Å². The van der Waals surface area contributed by atoms with Crippen molar-refractivity contribution in [1.82, 2.24) is 34.1 Å². The average Bonchev–Trinajstić information content (AvgIpc) is 0.802. The van der Waals surface area contributed by atoms with Crippen molar-refractivity contribution in [3.63, 3.8) is 0 Å². The van der Waals surface area contributed by atoms with Crippen LogP contribution in [-0.2, 0) is 38.7 Å². The molecular weight excluding hydrogens is 1170 g/mol. The first kappa shape index (κ1) is 83.2. The maximum absolute atomic E-state index is 13.2. The molecule has 0 radical (unpaired) electrons. The molecule has 3 saturated heterocycles. The molecule has 7 rings (SSSR count). The molecule has 0 spiro atoms. The van der Waals surface area contributed by atoms with Crippen LogP contribution in [0.4, 0.5) is 0 Å². The van der Waals surface area contributed by atoms with E-state index in [1.54, 1.807) is 40.1 Å². The summed E-state index contributed by atoms with van der Waals surface area (Å²) in [7, 11) is -0.526. The molecule has 0 atom stereocenters. The Morgan fingerprint density at radius 1 is 0.533 bits per heavy atom. The third-order valence-corrected chi connectivity index (χ3v) is 22.8. The van der Waals surface area contributed by atoms with E-state index in [-0.39, 0.29) is 43.7 Å². The number of hydrogen-bond donors (Lipinski definition) is 1. The molecule has 0 bridgehead atoms. The lowest BCUT2D eigenvalue weighted by Gasteiger charge is -2.41. The van der Waals surface area contributed by atoms with Crippen LogP contribution < -0.4 is 10.1 Å². The first-order chi connectivity index (χ1) is 43.1. The van der Waals surface area contributed by atoms with Gasteiger partial charge < -0.3 is 44.0 Å². The van der Waals surface area contributed by atoms with Gasteiger partial charge in [0.15, 0.2) is 0 Å². The third-order valence-electron chi connectivity index (χ3n) is 20.6. The predicted octanol–water partition coefficient (Wildman–Crippen LogP) is 13.7. The van der Waals surface area contributed by atoms with Crippen LogP contribution in [0, 0.1) is 49.4 Å². The number of aryl methyl sites for hydroxylation is 2. The van der Waals surface area contributed by atoms with E-state index in [1.165, 1.54) is 166 Å². The normalized spacial score (nSPS) is 22.2. The number of sulfonamides is 1. The Bertz CT molecular complexity index is 2310. The Balaban J connectivity index is 0.000000351. The van der Waals surface area contributed by atoms with Crippen molar-refractivity contribution in [3.05, 3.63) is 23.3 Å². The van der Waals surface area contributed by atoms with Gasteiger partial charge in [0.2, 0.25) is 10.0 Å². The molecule has 17 heteroatoms. The van der Waals surface area contributed by atoms with E-state index in [0.29, 0.717) is 83.5 Å². The summed E-state index contributed by atoms with van der Waals surface area (Å²) >= 11 is 0. The van der Waals surface area contributed by atoms with Crippen molar-refractivity contribution in [1.29, 1.82) is 0 Å². The number of nitrogens with zero attached hydrogens (tertiary/aromatic N) is 6. The van der Waals surface area contributed by atoms with Crippen LogP contribution in [0.25, 0.3) is 0 Å². The second kappa shape index (κ2) is 42.6. The first-order valence-electron chi connectivity index (χ1n) is 36.6. The van der Waals surface area contributed by atoms with Crippen molar-refractivity contribution in [3.8, 4) is 5.75 Å². The minimum Gasteiger partial charge on any atom is -0.497 e. The summed E-state index contributed by atoms with van der Waals surface area (Å²) in [6.07, 6.45) is 22.4. The zero-order chi connectivity index (χ0) is 67.3. The van der Waals surface area contributed by atoms with Crippen molar-refractivity contribution in [2.24, 2.45) is 35.5 Å². The topological polar surface area (TPSA) is 162 Å². The second-order valence-corrected chi connectivity index (χ2v) is 31.9. The highest BCUT2D eigenvalue weighted by atomic mass is 32.2. The summed E-state index contributed by atoms with van der Waals surface area (Å²) in [6.45, 7) is 47.1. The fourth-order valence-corrected chi connectivity index (χ4v) is 16.5. The molecule has 0 aromatic heterocycles. The van der Waals surface area contributed by atoms with Crippen molar-refractivity contribution in [2.45, 2.75) is 274 Å². The van der Waals surface area contributed by atoms with Gasteiger partial charge in [-0.15, -0.1) is 0 Å². The van der Waals surface area contributed by atoms with Crippen molar-refractivity contribution in [2.75, 3.05) is 119 Å². The van der Waals surface area contributed by atoms with Gasteiger partial charge in [-0.2, -0.15) is 0 Å². The third kappa shape index (κ3) is 31.0. The number of Topliss-reactive ketones (excluding diaryl/α,β-unsaturated/α-hetero) is 2. The molecular formula is C75H139N7O9S. The molecule has 0 amide bonds. The molecule has 16 nitrogen and oxygen atoms in total. The van der Waals surface area contributed by atoms with Gasteiger partial charge in [0.25, 0.3) is 0 Å². The number of carbonyl (C=O) groups excluding carboxylic acids is 4. The minimum absolute atomic E-state index is 0. The van der Waals surface area contributed by atoms with Crippen LogP contribution >= 0.6 is 0 Å². The lowest BCUT2D eigenvalue weighted by atomic mass is 9.81. The van der Waals surface area contributed by atoms with E-state index >= 15 is 0 Å². The molecule has 3 aliphatic carbocycles. The number of nitrogens with one attached hydrogen (secondary N) is 1. The van der Waals surface area contributed by atoms with Gasteiger partial charge >= 0.3 is 11.9 Å². The summed E-state index contributed by atoms with van der Waals surface area (Å²) in [5.41, 5.74) is 0.556. The van der Waals surface area contributed by atoms with Crippen molar-refractivity contribution >= 4 is 33.5 Å². The summed E-state index contributed by atoms with van der Waals surface area (Å²) in [5.74, 6) is 4.98. The number of ketones is 2. The van der Waals surface area contributed by atoms with Crippen molar-refractivity contribution < 1.29 is 41.8 Å². The molecule has 3 saturated carbocycles. The number of methoxy groups -OCH3 is 1. The van der Waals surface area contributed by atoms with E-state index in [2.05, 4.69) is 71.4 Å². The molecule has 3 aliphatic heterocycles. The van der Waals surface area contributed by atoms with Gasteiger partial charge in [-0.05, 0) is 295 Å². The summed E-state index contributed by atoms with van der Waals surface area (Å²) in [6, 6.07) is 4.90. The fraction of sp³-hybridized carbons (Fsp3) is 0.867. The molecule has 6 aliphatic rings. The van der Waals surface area contributed by atoms with Gasteiger partial charge in [0, 0.05) is 83.8 Å². The zero-order valence-corrected chi connectivity index (χ0v) is 61.7. The Kier molecular flexibility index (Phi) is 38.5. The molecule has 3 heterocycles. The fourth-order valence-electron chi connectivity index (χ4n) is 14.9. The quantitative estimate of drug-likeness (QED) is 0.0872. The van der Waals surface area contributed by atoms with E-state index < -0.39 is 15.6 Å². The SMILES string of the molecule is C.CC(C)(C)OC(=O)CC1CCC(=O)CC1.CCN(CC)CC1CCN(C2CCC(CC(=O)CCN(C)S(=O)(=O)c3c(C)cc(OC)cc3C)CC2)CC1.CCN(CC)CC1CCN(C2CCC(CC(=O)OC(C)(C)C)CC2)CC1.CCN(CC)CC1CCNCC1. The second-order valence-electron chi connectivity index (χ2n) is 29.9. The number of benzene rings is 1. The molecule has 1 N–H and O–H groups in total. The summed E-state index contributed by atoms with van der Waals surface area (Å²) in [4.78, 5) is 60.8. The maximum Gasteiger partial charge on any atom is 0.306 e. The maximum atomic E-state index is 13.2. The largest absolute Gasteiger partial charge is 0.497 e. The van der Waals surface area contributed by atoms with E-state index in [1.807, 2.05) is 41.5 Å². The molecule has 1 aromatic rings. The highest BCUT2D eigenvalue weighted by Gasteiger charge is 2.34. The number of piperidine rings is 3. The number of likely N-dealkylation sites (tertiary alicyclic amines) is 2. The Morgan fingerprint density at radius 2 is 0.880 bits per heavy atom. The standard InChI is InChI=1S/C30H51N3O4S.C22H42N2O2.C12H20O3.C10H22N2.CH4/c1-7-32(8-2)22-26-13-17-33(18-14-26)27-11-9-25(10-12-27)21-28(34)15-16-31(5)38(35,36)30-23(3)19-29(37-6)20-24(30)4;1-6-23(7-2)17-19-12-14-24(15-13-19)20-10-8-18(9-11-20)16-21(25)26-22(3,4)5;1-12(2,3)15-11(14)8-9-4-6-10(13)7-5-9;1-3-12(4-2)9-10-5-7-11-8-6-10;/h19-20,25-27H,7-18,21-22H2,1-6H3;18-20H,6-17H2,1-5H3;9H,4-8H2,1-3H3;10-11H,3-9H2,1-2H3;1H4. The van der Waals surface area contributed by atoms with Crippen LogP contribution in [0.3, 0.4) is 0 Å². The molecule has 1 aromatic carbocycles. The van der Waals surface area contributed by atoms with E-state index in [4.69, 9.17) is 14.2 Å². The van der Waals surface area contributed by atoms with Crippen LogP contribution in [0.2, 0.25) is 0 Å². The number of rotatable bonds is 26. The summed E-state index contributed by atoms with van der Waals surface area (Å²) in [5, 5.41) is 3.41. The number of carbonyl (C=O) groups is 4.